The van der Waals surface area contributed by atoms with Crippen LogP contribution in [0, 0.1) is 6.92 Å². The van der Waals surface area contributed by atoms with E-state index in [0.717, 1.165) is 35.7 Å². The van der Waals surface area contributed by atoms with E-state index in [-0.39, 0.29) is 0 Å². The minimum atomic E-state index is -0.628. The maximum atomic E-state index is 11.3. The van der Waals surface area contributed by atoms with E-state index >= 15 is 0 Å². The SMILES string of the molecule is COc1ncnc(NC2CCS(=O)CC2)c1C. The number of aromatic nitrogens is 2. The van der Waals surface area contributed by atoms with Crippen molar-refractivity contribution in [1.82, 2.24) is 9.97 Å². The molecule has 1 aromatic rings. The molecule has 2 heterocycles. The van der Waals surface area contributed by atoms with Crippen molar-refractivity contribution >= 4 is 16.6 Å². The Morgan fingerprint density at radius 1 is 1.41 bits per heavy atom. The Kier molecular flexibility index (Phi) is 3.93. The summed E-state index contributed by atoms with van der Waals surface area (Å²) in [5, 5.41) is 3.38. The van der Waals surface area contributed by atoms with Crippen molar-refractivity contribution < 1.29 is 8.95 Å². The smallest absolute Gasteiger partial charge is 0.221 e. The van der Waals surface area contributed by atoms with Gasteiger partial charge in [0.05, 0.1) is 12.7 Å². The van der Waals surface area contributed by atoms with Crippen molar-refractivity contribution in [1.29, 1.82) is 0 Å². The fraction of sp³-hybridized carbons (Fsp3) is 0.636. The summed E-state index contributed by atoms with van der Waals surface area (Å²) in [5.41, 5.74) is 0.918. The molecule has 17 heavy (non-hydrogen) atoms. The molecule has 94 valence electrons. The number of nitrogens with zero attached hydrogens (tertiary/aromatic N) is 2. The lowest BCUT2D eigenvalue weighted by molar-refractivity contribution is 0.393. The number of anilines is 1. The molecule has 0 amide bonds. The molecule has 0 unspecified atom stereocenters. The van der Waals surface area contributed by atoms with E-state index in [4.69, 9.17) is 4.74 Å². The van der Waals surface area contributed by atoms with E-state index < -0.39 is 10.8 Å². The van der Waals surface area contributed by atoms with E-state index in [1.165, 1.54) is 6.33 Å². The number of hydrogen-bond acceptors (Lipinski definition) is 5. The molecular weight excluding hydrogens is 238 g/mol. The lowest BCUT2D eigenvalue weighted by atomic mass is 10.1. The van der Waals surface area contributed by atoms with Gasteiger partial charge in [-0.1, -0.05) is 0 Å². The lowest BCUT2D eigenvalue weighted by Gasteiger charge is -2.23. The third kappa shape index (κ3) is 2.94. The summed E-state index contributed by atoms with van der Waals surface area (Å²) in [7, 11) is 0.972. The van der Waals surface area contributed by atoms with Gasteiger partial charge >= 0.3 is 0 Å². The summed E-state index contributed by atoms with van der Waals surface area (Å²) >= 11 is 0. The zero-order valence-corrected chi connectivity index (χ0v) is 10.9. The fourth-order valence-electron chi connectivity index (χ4n) is 1.92. The van der Waals surface area contributed by atoms with Crippen molar-refractivity contribution in [2.75, 3.05) is 23.9 Å². The van der Waals surface area contributed by atoms with Crippen LogP contribution in [-0.2, 0) is 10.8 Å². The first-order chi connectivity index (χ1) is 8.20. The van der Waals surface area contributed by atoms with Gasteiger partial charge in [0.25, 0.3) is 0 Å². The predicted molar refractivity (Wildman–Crippen MR) is 67.8 cm³/mol. The van der Waals surface area contributed by atoms with Crippen molar-refractivity contribution in [3.63, 3.8) is 0 Å². The molecule has 0 spiro atoms. The summed E-state index contributed by atoms with van der Waals surface area (Å²) in [4.78, 5) is 8.26. The second-order valence-corrected chi connectivity index (χ2v) is 5.82. The first kappa shape index (κ1) is 12.3. The largest absolute Gasteiger partial charge is 0.481 e. The van der Waals surface area contributed by atoms with E-state index in [1.807, 2.05) is 6.92 Å². The van der Waals surface area contributed by atoms with Crippen molar-refractivity contribution in [2.45, 2.75) is 25.8 Å². The van der Waals surface area contributed by atoms with Gasteiger partial charge in [0.1, 0.15) is 12.1 Å². The molecule has 1 aliphatic heterocycles. The lowest BCUT2D eigenvalue weighted by Crippen LogP contribution is -2.30. The highest BCUT2D eigenvalue weighted by atomic mass is 32.2. The second-order valence-electron chi connectivity index (χ2n) is 4.12. The highest BCUT2D eigenvalue weighted by molar-refractivity contribution is 7.85. The van der Waals surface area contributed by atoms with Gasteiger partial charge in [-0.3, -0.25) is 4.21 Å². The molecule has 0 radical (unpaired) electrons. The minimum Gasteiger partial charge on any atom is -0.481 e. The Morgan fingerprint density at radius 3 is 2.76 bits per heavy atom. The third-order valence-corrected chi connectivity index (χ3v) is 4.34. The molecule has 0 aromatic carbocycles. The number of hydrogen-bond donors (Lipinski definition) is 1. The van der Waals surface area contributed by atoms with E-state index in [1.54, 1.807) is 7.11 Å². The first-order valence-corrected chi connectivity index (χ1v) is 7.16. The first-order valence-electron chi connectivity index (χ1n) is 5.68. The van der Waals surface area contributed by atoms with Gasteiger partial charge in [0.15, 0.2) is 0 Å². The maximum Gasteiger partial charge on any atom is 0.221 e. The molecule has 1 aromatic heterocycles. The zero-order valence-electron chi connectivity index (χ0n) is 10.1. The molecule has 0 saturated carbocycles. The second kappa shape index (κ2) is 5.44. The van der Waals surface area contributed by atoms with Crippen LogP contribution in [0.1, 0.15) is 18.4 Å². The Balaban J connectivity index is 2.06. The fourth-order valence-corrected chi connectivity index (χ4v) is 3.22. The number of rotatable bonds is 3. The molecule has 1 N–H and O–H groups in total. The van der Waals surface area contributed by atoms with E-state index in [9.17, 15) is 4.21 Å². The van der Waals surface area contributed by atoms with Crippen LogP contribution >= 0.6 is 0 Å². The molecule has 0 aliphatic carbocycles. The van der Waals surface area contributed by atoms with Gasteiger partial charge in [-0.05, 0) is 19.8 Å². The third-order valence-electron chi connectivity index (χ3n) is 2.96. The van der Waals surface area contributed by atoms with Crippen LogP contribution in [0.15, 0.2) is 6.33 Å². The highest BCUT2D eigenvalue weighted by Gasteiger charge is 2.19. The van der Waals surface area contributed by atoms with Crippen LogP contribution in [0.4, 0.5) is 5.82 Å². The number of ether oxygens (including phenoxy) is 1. The standard InChI is InChI=1S/C11H17N3O2S/c1-8-10(12-7-13-11(8)16-2)14-9-3-5-17(15)6-4-9/h7,9H,3-6H2,1-2H3,(H,12,13,14). The summed E-state index contributed by atoms with van der Waals surface area (Å²) in [5.74, 6) is 2.97. The van der Waals surface area contributed by atoms with Crippen LogP contribution in [0.3, 0.4) is 0 Å². The topological polar surface area (TPSA) is 64.1 Å². The molecule has 1 fully saturated rings. The summed E-state index contributed by atoms with van der Waals surface area (Å²) in [6, 6.07) is 0.353. The van der Waals surface area contributed by atoms with Crippen LogP contribution in [0.25, 0.3) is 0 Å². The van der Waals surface area contributed by atoms with Crippen LogP contribution < -0.4 is 10.1 Å². The monoisotopic (exact) mass is 255 g/mol. The molecule has 0 atom stereocenters. The quantitative estimate of drug-likeness (QED) is 0.876. The normalized spacial score (nSPS) is 24.4. The van der Waals surface area contributed by atoms with E-state index in [2.05, 4.69) is 15.3 Å². The average Bonchev–Trinajstić information content (AvgIpc) is 2.35. The van der Waals surface area contributed by atoms with Crippen molar-refractivity contribution in [3.8, 4) is 5.88 Å². The number of nitrogens with one attached hydrogen (secondary N) is 1. The Labute approximate surface area is 103 Å². The van der Waals surface area contributed by atoms with Gasteiger partial charge in [-0.15, -0.1) is 0 Å². The molecule has 6 heteroatoms. The average molecular weight is 255 g/mol. The molecular formula is C11H17N3O2S. The van der Waals surface area contributed by atoms with Gasteiger partial charge < -0.3 is 10.1 Å². The number of methoxy groups -OCH3 is 1. The summed E-state index contributed by atoms with van der Waals surface area (Å²) < 4.78 is 16.4. The van der Waals surface area contributed by atoms with Crippen molar-refractivity contribution in [2.24, 2.45) is 0 Å². The predicted octanol–water partition coefficient (Wildman–Crippen LogP) is 1.12. The van der Waals surface area contributed by atoms with Gasteiger partial charge in [-0.2, -0.15) is 0 Å². The summed E-state index contributed by atoms with van der Waals surface area (Å²) in [6.07, 6.45) is 3.35. The van der Waals surface area contributed by atoms with Gasteiger partial charge in [0, 0.05) is 28.3 Å². The van der Waals surface area contributed by atoms with Gasteiger partial charge in [0.2, 0.25) is 5.88 Å². The van der Waals surface area contributed by atoms with E-state index in [0.29, 0.717) is 11.9 Å². The van der Waals surface area contributed by atoms with Crippen LogP contribution in [-0.4, -0.2) is 38.8 Å². The molecule has 1 saturated heterocycles. The van der Waals surface area contributed by atoms with Gasteiger partial charge in [-0.25, -0.2) is 9.97 Å². The maximum absolute atomic E-state index is 11.3. The van der Waals surface area contributed by atoms with Crippen LogP contribution in [0.2, 0.25) is 0 Å². The van der Waals surface area contributed by atoms with Crippen molar-refractivity contribution in [3.05, 3.63) is 11.9 Å². The molecule has 1 aliphatic rings. The Hall–Kier alpha value is -1.17. The molecule has 2 rings (SSSR count). The molecule has 5 nitrogen and oxygen atoms in total. The van der Waals surface area contributed by atoms with Crippen LogP contribution in [0.5, 0.6) is 5.88 Å². The Bertz CT molecular complexity index is 415. The Morgan fingerprint density at radius 2 is 2.12 bits per heavy atom. The summed E-state index contributed by atoms with van der Waals surface area (Å²) in [6.45, 7) is 1.93. The molecule has 0 bridgehead atoms. The zero-order chi connectivity index (χ0) is 12.3. The highest BCUT2D eigenvalue weighted by Crippen LogP contribution is 2.22. The minimum absolute atomic E-state index is 0.353.